The molecule has 29 heavy (non-hydrogen) atoms. The van der Waals surface area contributed by atoms with Gasteiger partial charge in [0.15, 0.2) is 5.16 Å². The Balaban J connectivity index is 1.47. The smallest absolute Gasteiger partial charge is 0.225 e. The Labute approximate surface area is 172 Å². The first-order valence-corrected chi connectivity index (χ1v) is 10.2. The number of hydrogen-bond acceptors (Lipinski definition) is 7. The zero-order chi connectivity index (χ0) is 20.2. The van der Waals surface area contributed by atoms with E-state index in [1.54, 1.807) is 12.3 Å². The molecule has 4 N–H and O–H groups in total. The Kier molecular flexibility index (Phi) is 5.35. The summed E-state index contributed by atoms with van der Waals surface area (Å²) in [5, 5.41) is 3.85. The first-order chi connectivity index (χ1) is 14.1. The highest BCUT2D eigenvalue weighted by Gasteiger charge is 2.07. The second kappa shape index (κ2) is 8.24. The van der Waals surface area contributed by atoms with Gasteiger partial charge in [-0.3, -0.25) is 0 Å². The molecule has 146 valence electrons. The first-order valence-electron chi connectivity index (χ1n) is 8.94. The number of nitrogen functional groups attached to an aromatic ring is 1. The van der Waals surface area contributed by atoms with E-state index >= 15 is 0 Å². The number of benzene rings is 2. The minimum Gasteiger partial charge on any atom is -0.439 e. The lowest BCUT2D eigenvalue weighted by Crippen LogP contribution is -1.97. The van der Waals surface area contributed by atoms with Gasteiger partial charge in [0.05, 0.1) is 11.9 Å². The molecule has 0 saturated heterocycles. The molecule has 2 aromatic carbocycles. The van der Waals surface area contributed by atoms with Gasteiger partial charge in [-0.05, 0) is 60.7 Å². The van der Waals surface area contributed by atoms with Crippen molar-refractivity contribution >= 4 is 29.2 Å². The van der Waals surface area contributed by atoms with Crippen LogP contribution in [0.2, 0.25) is 0 Å². The molecular formula is C21H20N6OS. The summed E-state index contributed by atoms with van der Waals surface area (Å²) in [6.45, 7) is 2.06. The Bertz CT molecular complexity index is 1130. The van der Waals surface area contributed by atoms with Crippen molar-refractivity contribution in [1.29, 1.82) is 0 Å². The third-order valence-electron chi connectivity index (χ3n) is 4.13. The summed E-state index contributed by atoms with van der Waals surface area (Å²) in [6.07, 6.45) is 3.68. The molecule has 2 aromatic heterocycles. The molecular weight excluding hydrogens is 384 g/mol. The van der Waals surface area contributed by atoms with E-state index in [0.29, 0.717) is 28.6 Å². The highest BCUT2D eigenvalue weighted by molar-refractivity contribution is 7.98. The van der Waals surface area contributed by atoms with Crippen LogP contribution in [0.1, 0.15) is 5.56 Å². The molecule has 0 fully saturated rings. The Morgan fingerprint density at radius 2 is 1.90 bits per heavy atom. The van der Waals surface area contributed by atoms with Crippen LogP contribution in [-0.2, 0) is 0 Å². The Morgan fingerprint density at radius 3 is 2.66 bits per heavy atom. The van der Waals surface area contributed by atoms with Crippen molar-refractivity contribution in [2.24, 2.45) is 0 Å². The van der Waals surface area contributed by atoms with E-state index in [-0.39, 0.29) is 0 Å². The van der Waals surface area contributed by atoms with Crippen molar-refractivity contribution in [3.8, 4) is 22.9 Å². The van der Waals surface area contributed by atoms with Crippen LogP contribution in [0.3, 0.4) is 0 Å². The van der Waals surface area contributed by atoms with Crippen LogP contribution in [0.25, 0.3) is 11.3 Å². The van der Waals surface area contributed by atoms with Gasteiger partial charge in [-0.15, -0.1) is 0 Å². The van der Waals surface area contributed by atoms with Gasteiger partial charge in [-0.1, -0.05) is 23.9 Å². The molecule has 0 saturated carbocycles. The number of rotatable bonds is 6. The zero-order valence-electron chi connectivity index (χ0n) is 16.0. The number of ether oxygens (including phenoxy) is 1. The molecule has 0 aliphatic carbocycles. The van der Waals surface area contributed by atoms with Crippen LogP contribution >= 0.6 is 11.8 Å². The third kappa shape index (κ3) is 4.67. The number of aryl methyl sites for hydroxylation is 1. The lowest BCUT2D eigenvalue weighted by molar-refractivity contribution is 0.456. The van der Waals surface area contributed by atoms with Crippen LogP contribution < -0.4 is 15.8 Å². The molecule has 0 amide bonds. The number of nitrogens with two attached hydrogens (primary N) is 1. The molecule has 0 radical (unpaired) electrons. The van der Waals surface area contributed by atoms with Gasteiger partial charge in [-0.2, -0.15) is 4.98 Å². The zero-order valence-corrected chi connectivity index (χ0v) is 16.8. The second-order valence-corrected chi connectivity index (χ2v) is 7.16. The highest BCUT2D eigenvalue weighted by Crippen LogP contribution is 2.27. The molecule has 4 rings (SSSR count). The van der Waals surface area contributed by atoms with E-state index in [4.69, 9.17) is 10.5 Å². The van der Waals surface area contributed by atoms with E-state index in [0.717, 1.165) is 16.9 Å². The van der Waals surface area contributed by atoms with E-state index in [2.05, 4.69) is 44.3 Å². The van der Waals surface area contributed by atoms with Crippen LogP contribution in [0, 0.1) is 6.92 Å². The summed E-state index contributed by atoms with van der Waals surface area (Å²) in [4.78, 5) is 16.1. The summed E-state index contributed by atoms with van der Waals surface area (Å²) in [7, 11) is 0. The number of aromatic amines is 1. The van der Waals surface area contributed by atoms with Crippen molar-refractivity contribution in [3.05, 3.63) is 66.4 Å². The number of anilines is 3. The molecule has 0 unspecified atom stereocenters. The van der Waals surface area contributed by atoms with Crippen molar-refractivity contribution in [1.82, 2.24) is 19.9 Å². The quantitative estimate of drug-likeness (QED) is 0.306. The summed E-state index contributed by atoms with van der Waals surface area (Å²) in [5.41, 5.74) is 9.87. The van der Waals surface area contributed by atoms with Gasteiger partial charge in [-0.25, -0.2) is 9.97 Å². The molecule has 0 spiro atoms. The molecule has 0 aliphatic heterocycles. The Hall–Kier alpha value is -3.52. The van der Waals surface area contributed by atoms with Gasteiger partial charge >= 0.3 is 0 Å². The predicted molar refractivity (Wildman–Crippen MR) is 117 cm³/mol. The van der Waals surface area contributed by atoms with Gasteiger partial charge in [0.25, 0.3) is 0 Å². The topological polar surface area (TPSA) is 102 Å². The summed E-state index contributed by atoms with van der Waals surface area (Å²) in [5.74, 6) is 2.14. The molecule has 8 heteroatoms. The van der Waals surface area contributed by atoms with Crippen LogP contribution in [-0.4, -0.2) is 26.2 Å². The van der Waals surface area contributed by atoms with Gasteiger partial charge in [0, 0.05) is 11.8 Å². The average Bonchev–Trinajstić information content (AvgIpc) is 3.16. The predicted octanol–water partition coefficient (Wildman–Crippen LogP) is 5.02. The van der Waals surface area contributed by atoms with Gasteiger partial charge in [0.1, 0.15) is 11.6 Å². The number of hydrogen-bond donors (Lipinski definition) is 3. The number of aromatic nitrogens is 4. The number of H-pyrrole nitrogens is 1. The van der Waals surface area contributed by atoms with Gasteiger partial charge < -0.3 is 20.8 Å². The van der Waals surface area contributed by atoms with E-state index in [9.17, 15) is 0 Å². The van der Waals surface area contributed by atoms with Crippen molar-refractivity contribution in [2.75, 3.05) is 17.3 Å². The second-order valence-electron chi connectivity index (χ2n) is 6.38. The molecule has 0 aliphatic rings. The summed E-state index contributed by atoms with van der Waals surface area (Å²) < 4.78 is 5.81. The van der Waals surface area contributed by atoms with Crippen molar-refractivity contribution in [2.45, 2.75) is 12.1 Å². The van der Waals surface area contributed by atoms with Crippen molar-refractivity contribution < 1.29 is 4.74 Å². The molecule has 2 heterocycles. The maximum Gasteiger partial charge on any atom is 0.225 e. The summed E-state index contributed by atoms with van der Waals surface area (Å²) in [6, 6.07) is 17.4. The highest BCUT2D eigenvalue weighted by atomic mass is 32.2. The number of nitrogens with zero attached hydrogens (tertiary/aromatic N) is 3. The maximum absolute atomic E-state index is 5.81. The Morgan fingerprint density at radius 1 is 1.07 bits per heavy atom. The lowest BCUT2D eigenvalue weighted by Gasteiger charge is -2.07. The molecule has 0 bridgehead atoms. The number of nitrogens with one attached hydrogen (secondary N) is 2. The standard InChI is InChI=1S/C21H20N6OS/c1-13-4-3-5-15(10-13)24-20-23-12-17(25-20)14-6-8-16(9-7-14)28-19-11-18(22)26-21(27-19)29-2/h3-12H,1-2H3,(H2,22,26,27)(H2,23,24,25). The normalized spacial score (nSPS) is 10.7. The van der Waals surface area contributed by atoms with Gasteiger partial charge in [0.2, 0.25) is 11.8 Å². The maximum atomic E-state index is 5.81. The van der Waals surface area contributed by atoms with E-state index in [1.807, 2.05) is 42.7 Å². The summed E-state index contributed by atoms with van der Waals surface area (Å²) >= 11 is 1.41. The van der Waals surface area contributed by atoms with E-state index < -0.39 is 0 Å². The SMILES string of the molecule is CSc1nc(N)cc(Oc2ccc(-c3cnc(Nc4cccc(C)c4)[nH]3)cc2)n1. The average molecular weight is 404 g/mol. The number of thioether (sulfide) groups is 1. The minimum absolute atomic E-state index is 0.377. The fourth-order valence-corrected chi connectivity index (χ4v) is 3.16. The third-order valence-corrected chi connectivity index (χ3v) is 4.68. The largest absolute Gasteiger partial charge is 0.439 e. The minimum atomic E-state index is 0.377. The van der Waals surface area contributed by atoms with Crippen LogP contribution in [0.5, 0.6) is 11.6 Å². The molecule has 7 nitrogen and oxygen atoms in total. The van der Waals surface area contributed by atoms with Crippen molar-refractivity contribution in [3.63, 3.8) is 0 Å². The monoisotopic (exact) mass is 404 g/mol. The van der Waals surface area contributed by atoms with E-state index in [1.165, 1.54) is 17.3 Å². The fraction of sp³-hybridized carbons (Fsp3) is 0.0952. The fourth-order valence-electron chi connectivity index (χ4n) is 2.78. The van der Waals surface area contributed by atoms with Crippen LogP contribution in [0.4, 0.5) is 17.5 Å². The number of imidazole rings is 1. The molecule has 0 atom stereocenters. The molecule has 4 aromatic rings. The first kappa shape index (κ1) is 18.8. The van der Waals surface area contributed by atoms with Crippen LogP contribution in [0.15, 0.2) is 66.0 Å². The lowest BCUT2D eigenvalue weighted by atomic mass is 10.2.